The number of hydrogen-bond donors (Lipinski definition) is 3. The molecule has 0 aliphatic rings. The number of halogens is 2. The molecule has 19 heavy (non-hydrogen) atoms. The third kappa shape index (κ3) is 3.69. The summed E-state index contributed by atoms with van der Waals surface area (Å²) < 4.78 is 13.3. The summed E-state index contributed by atoms with van der Waals surface area (Å²) >= 11 is 3.05. The number of urea groups is 1. The van der Waals surface area contributed by atoms with Crippen LogP contribution in [0.5, 0.6) is 0 Å². The summed E-state index contributed by atoms with van der Waals surface area (Å²) in [5.41, 5.74) is 7.27. The van der Waals surface area contributed by atoms with Crippen LogP contribution in [0.25, 0.3) is 0 Å². The van der Waals surface area contributed by atoms with Gasteiger partial charge in [0, 0.05) is 17.1 Å². The van der Waals surface area contributed by atoms with E-state index in [1.807, 2.05) is 0 Å². The van der Waals surface area contributed by atoms with Crippen molar-refractivity contribution in [3.8, 4) is 0 Å². The van der Waals surface area contributed by atoms with Crippen LogP contribution in [-0.4, -0.2) is 6.03 Å². The normalized spacial score (nSPS) is 10.0. The van der Waals surface area contributed by atoms with Crippen LogP contribution in [0.15, 0.2) is 46.9 Å². The first-order valence-corrected chi connectivity index (χ1v) is 6.22. The van der Waals surface area contributed by atoms with Crippen LogP contribution in [0.4, 0.5) is 26.2 Å². The molecule has 0 saturated carbocycles. The summed E-state index contributed by atoms with van der Waals surface area (Å²) in [7, 11) is 0. The van der Waals surface area contributed by atoms with Crippen molar-refractivity contribution in [2.24, 2.45) is 0 Å². The molecule has 0 fully saturated rings. The van der Waals surface area contributed by atoms with Crippen LogP contribution in [0.2, 0.25) is 0 Å². The summed E-state index contributed by atoms with van der Waals surface area (Å²) in [4.78, 5) is 11.7. The van der Waals surface area contributed by atoms with Crippen LogP contribution in [-0.2, 0) is 0 Å². The molecule has 98 valence electrons. The van der Waals surface area contributed by atoms with E-state index in [9.17, 15) is 9.18 Å². The molecule has 2 aromatic carbocycles. The number of rotatable bonds is 2. The summed E-state index contributed by atoms with van der Waals surface area (Å²) in [5, 5.41) is 5.23. The average Bonchev–Trinajstić information content (AvgIpc) is 2.37. The van der Waals surface area contributed by atoms with Crippen molar-refractivity contribution in [2.75, 3.05) is 16.4 Å². The second-order valence-electron chi connectivity index (χ2n) is 3.83. The Labute approximate surface area is 117 Å². The van der Waals surface area contributed by atoms with E-state index >= 15 is 0 Å². The standard InChI is InChI=1S/C13H11BrFN3O/c14-11-7-10(5-6-12(11)15)18-13(19)17-9-3-1-8(16)2-4-9/h1-7H,16H2,(H2,17,18,19). The van der Waals surface area contributed by atoms with Gasteiger partial charge in [-0.15, -0.1) is 0 Å². The molecular formula is C13H11BrFN3O. The maximum Gasteiger partial charge on any atom is 0.323 e. The Balaban J connectivity index is 2.01. The molecule has 0 radical (unpaired) electrons. The average molecular weight is 324 g/mol. The summed E-state index contributed by atoms with van der Waals surface area (Å²) in [5.74, 6) is -0.385. The Morgan fingerprint density at radius 1 is 1.05 bits per heavy atom. The smallest absolute Gasteiger partial charge is 0.323 e. The molecule has 2 aromatic rings. The fourth-order valence-corrected chi connectivity index (χ4v) is 1.81. The van der Waals surface area contributed by atoms with Gasteiger partial charge in [-0.25, -0.2) is 9.18 Å². The van der Waals surface area contributed by atoms with E-state index < -0.39 is 6.03 Å². The van der Waals surface area contributed by atoms with Gasteiger partial charge >= 0.3 is 6.03 Å². The molecule has 2 rings (SSSR count). The van der Waals surface area contributed by atoms with Gasteiger partial charge in [-0.2, -0.15) is 0 Å². The predicted octanol–water partition coefficient (Wildman–Crippen LogP) is 3.81. The first kappa shape index (κ1) is 13.4. The first-order valence-electron chi connectivity index (χ1n) is 5.43. The van der Waals surface area contributed by atoms with Crippen molar-refractivity contribution >= 4 is 39.0 Å². The van der Waals surface area contributed by atoms with E-state index in [1.165, 1.54) is 18.2 Å². The van der Waals surface area contributed by atoms with Gasteiger partial charge < -0.3 is 16.4 Å². The zero-order chi connectivity index (χ0) is 13.8. The molecule has 4 N–H and O–H groups in total. The fraction of sp³-hybridized carbons (Fsp3) is 0. The highest BCUT2D eigenvalue weighted by Crippen LogP contribution is 2.20. The van der Waals surface area contributed by atoms with E-state index in [1.54, 1.807) is 24.3 Å². The monoisotopic (exact) mass is 323 g/mol. The van der Waals surface area contributed by atoms with Crippen molar-refractivity contribution in [1.82, 2.24) is 0 Å². The van der Waals surface area contributed by atoms with Crippen LogP contribution < -0.4 is 16.4 Å². The van der Waals surface area contributed by atoms with E-state index in [0.717, 1.165) is 0 Å². The van der Waals surface area contributed by atoms with Gasteiger partial charge in [0.05, 0.1) is 4.47 Å². The van der Waals surface area contributed by atoms with E-state index in [-0.39, 0.29) is 10.3 Å². The number of amides is 2. The Morgan fingerprint density at radius 3 is 2.26 bits per heavy atom. The predicted molar refractivity (Wildman–Crippen MR) is 77.6 cm³/mol. The van der Waals surface area contributed by atoms with Crippen molar-refractivity contribution in [1.29, 1.82) is 0 Å². The van der Waals surface area contributed by atoms with Crippen molar-refractivity contribution < 1.29 is 9.18 Å². The largest absolute Gasteiger partial charge is 0.399 e. The number of carbonyl (C=O) groups excluding carboxylic acids is 1. The number of nitrogens with one attached hydrogen (secondary N) is 2. The van der Waals surface area contributed by atoms with Crippen LogP contribution in [0.1, 0.15) is 0 Å². The van der Waals surface area contributed by atoms with E-state index in [2.05, 4.69) is 26.6 Å². The molecule has 0 aliphatic carbocycles. The van der Waals surface area contributed by atoms with Gasteiger partial charge in [0.1, 0.15) is 5.82 Å². The molecule has 0 aliphatic heterocycles. The molecule has 6 heteroatoms. The maximum atomic E-state index is 13.0. The third-order valence-corrected chi connectivity index (χ3v) is 2.95. The lowest BCUT2D eigenvalue weighted by molar-refractivity contribution is 0.262. The van der Waals surface area contributed by atoms with Crippen molar-refractivity contribution in [2.45, 2.75) is 0 Å². The lowest BCUT2D eigenvalue weighted by Crippen LogP contribution is -2.19. The molecule has 0 unspecified atom stereocenters. The van der Waals surface area contributed by atoms with Crippen LogP contribution in [0.3, 0.4) is 0 Å². The van der Waals surface area contributed by atoms with Gasteiger partial charge in [-0.1, -0.05) is 0 Å². The Morgan fingerprint density at radius 2 is 1.63 bits per heavy atom. The molecule has 0 bridgehead atoms. The second kappa shape index (κ2) is 5.71. The lowest BCUT2D eigenvalue weighted by Gasteiger charge is -2.08. The minimum atomic E-state index is -0.414. The highest BCUT2D eigenvalue weighted by Gasteiger charge is 2.05. The van der Waals surface area contributed by atoms with Gasteiger partial charge in [0.15, 0.2) is 0 Å². The second-order valence-corrected chi connectivity index (χ2v) is 4.68. The molecule has 0 saturated heterocycles. The van der Waals surface area contributed by atoms with Crippen LogP contribution >= 0.6 is 15.9 Å². The van der Waals surface area contributed by atoms with E-state index in [0.29, 0.717) is 17.1 Å². The third-order valence-electron chi connectivity index (χ3n) is 2.35. The van der Waals surface area contributed by atoms with Crippen molar-refractivity contribution in [3.05, 3.63) is 52.8 Å². The Kier molecular flexibility index (Phi) is 4.01. The zero-order valence-corrected chi connectivity index (χ0v) is 11.4. The SMILES string of the molecule is Nc1ccc(NC(=O)Nc2ccc(F)c(Br)c2)cc1. The van der Waals surface area contributed by atoms with Crippen LogP contribution in [0, 0.1) is 5.82 Å². The van der Waals surface area contributed by atoms with Gasteiger partial charge in [-0.3, -0.25) is 0 Å². The molecule has 0 heterocycles. The Bertz CT molecular complexity index is 601. The lowest BCUT2D eigenvalue weighted by atomic mass is 10.3. The number of nitrogen functional groups attached to an aromatic ring is 1. The molecule has 2 amide bonds. The zero-order valence-electron chi connectivity index (χ0n) is 9.78. The molecule has 0 atom stereocenters. The summed E-state index contributed by atoms with van der Waals surface area (Å²) in [6.07, 6.45) is 0. The molecule has 4 nitrogen and oxygen atoms in total. The molecular weight excluding hydrogens is 313 g/mol. The number of anilines is 3. The van der Waals surface area contributed by atoms with Gasteiger partial charge in [0.25, 0.3) is 0 Å². The number of carbonyl (C=O) groups is 1. The highest BCUT2D eigenvalue weighted by atomic mass is 79.9. The van der Waals surface area contributed by atoms with Crippen molar-refractivity contribution in [3.63, 3.8) is 0 Å². The molecule has 0 aromatic heterocycles. The quantitative estimate of drug-likeness (QED) is 0.735. The van der Waals surface area contributed by atoms with Gasteiger partial charge in [-0.05, 0) is 58.4 Å². The summed E-state index contributed by atoms with van der Waals surface area (Å²) in [6.45, 7) is 0. The van der Waals surface area contributed by atoms with E-state index in [4.69, 9.17) is 5.73 Å². The summed E-state index contributed by atoms with van der Waals surface area (Å²) in [6, 6.07) is 10.6. The highest BCUT2D eigenvalue weighted by molar-refractivity contribution is 9.10. The first-order chi connectivity index (χ1) is 9.04. The minimum Gasteiger partial charge on any atom is -0.399 e. The number of benzene rings is 2. The Hall–Kier alpha value is -2.08. The molecule has 0 spiro atoms. The number of nitrogens with two attached hydrogens (primary N) is 1. The number of hydrogen-bond acceptors (Lipinski definition) is 2. The topological polar surface area (TPSA) is 67.1 Å². The maximum absolute atomic E-state index is 13.0. The fourth-order valence-electron chi connectivity index (χ4n) is 1.43. The van der Waals surface area contributed by atoms with Gasteiger partial charge in [0.2, 0.25) is 0 Å². The minimum absolute atomic E-state index is 0.290.